The standard InChI is InChI=1S/C18H27F3O3.C17H23F3O4.C17H25F3O3.C17H26O4.C17H28O3.C16H24O4/c1-3-16(2,18(19,20)21)15(22)24-11-23-10-17-7-12-4-13(8-17)6-14(5-12)9-17;1-3-16(2,17(18,19)20)15(22)24-8-23-14-11-5-9-4-10(7-11)13(21)12(14)6-9;1-3-16(2,17(18,19)20)15(21)23-9-22-14-12-5-10-4-11(7-12)8-13(14)6-10;1-4-17(2,3)16(19)21-9-20-15-12-6-10-5-11(8-12)14(18)13(15)7-10;1-4-17(2,3)16(18)20-10-19-15-13-6-11-5-12(8-13)9-14(15)7-11;1-3-9(2)16(18)20-8-19-15-12-5-10-4-11(7-12)14(17)13(15)6-10/h12-14H,3-11H2,1-2H3;9-12,14H,3-8H2,1-2H3;10-14H,3-9H2,1-2H3;10-13,15H,4-9H2,1-3H3;11-15H,4-10H2,1-3H3;9-13,15H,3-8H2,1-2H3. The zero-order valence-corrected chi connectivity index (χ0v) is 80.7. The molecule has 0 saturated heterocycles. The summed E-state index contributed by atoms with van der Waals surface area (Å²) in [6, 6.07) is 0. The Hall–Kier alpha value is -5.04. The molecule has 30 heteroatoms. The largest absolute Gasteiger partial charge is 0.438 e. The Labute approximate surface area is 775 Å². The van der Waals surface area contributed by atoms with Crippen LogP contribution in [0.1, 0.15) is 315 Å². The summed E-state index contributed by atoms with van der Waals surface area (Å²) in [6.07, 6.45) is 19.6. The van der Waals surface area contributed by atoms with Crippen LogP contribution in [0.3, 0.4) is 0 Å². The zero-order valence-electron chi connectivity index (χ0n) is 80.7. The third-order valence-electron chi connectivity index (χ3n) is 36.8. The van der Waals surface area contributed by atoms with Gasteiger partial charge in [-0.15, -0.1) is 0 Å². The van der Waals surface area contributed by atoms with Gasteiger partial charge in [0, 0.05) is 35.5 Å². The molecule has 0 aromatic heterocycles. The van der Waals surface area contributed by atoms with E-state index in [2.05, 4.69) is 0 Å². The molecule has 0 spiro atoms. The predicted molar refractivity (Wildman–Crippen MR) is 464 cm³/mol. The van der Waals surface area contributed by atoms with Crippen LogP contribution in [0.4, 0.5) is 39.5 Å². The molecule has 0 N–H and O–H groups in total. The van der Waals surface area contributed by atoms with Crippen LogP contribution in [0.25, 0.3) is 0 Å². The summed E-state index contributed by atoms with van der Waals surface area (Å²) in [4.78, 5) is 108. The van der Waals surface area contributed by atoms with E-state index in [0.717, 1.165) is 214 Å². The highest BCUT2D eigenvalue weighted by molar-refractivity contribution is 5.88. The molecule has 24 aliphatic carbocycles. The fourth-order valence-electron chi connectivity index (χ4n) is 28.3. The summed E-state index contributed by atoms with van der Waals surface area (Å²) < 4.78 is 182. The molecular weight excluding hydrogens is 1730 g/mol. The highest BCUT2D eigenvalue weighted by Crippen LogP contribution is 2.63. The van der Waals surface area contributed by atoms with Crippen molar-refractivity contribution in [1.29, 1.82) is 0 Å². The Bertz CT molecular complexity index is 3900. The van der Waals surface area contributed by atoms with Crippen LogP contribution in [0, 0.1) is 175 Å². The number of hydrogen-bond donors (Lipinski definition) is 0. The van der Waals surface area contributed by atoms with E-state index >= 15 is 0 Å². The molecule has 21 nitrogen and oxygen atoms in total. The van der Waals surface area contributed by atoms with Crippen LogP contribution in [-0.4, -0.2) is 150 Å². The Morgan fingerprint density at radius 2 is 0.545 bits per heavy atom. The van der Waals surface area contributed by atoms with Crippen molar-refractivity contribution in [3.63, 3.8) is 0 Å². The van der Waals surface area contributed by atoms with Crippen LogP contribution < -0.4 is 0 Å². The van der Waals surface area contributed by atoms with Gasteiger partial charge in [0.1, 0.15) is 17.3 Å². The van der Waals surface area contributed by atoms with Gasteiger partial charge in [0.15, 0.2) is 57.0 Å². The lowest BCUT2D eigenvalue weighted by Crippen LogP contribution is -2.55. The molecule has 24 aliphatic rings. The van der Waals surface area contributed by atoms with E-state index in [9.17, 15) is 82.7 Å². The van der Waals surface area contributed by atoms with E-state index in [4.69, 9.17) is 56.8 Å². The lowest BCUT2D eigenvalue weighted by atomic mass is 9.50. The molecule has 0 radical (unpaired) electrons. The second-order valence-electron chi connectivity index (χ2n) is 46.3. The van der Waals surface area contributed by atoms with Gasteiger partial charge in [-0.25, -0.2) is 0 Å². The smallest absolute Gasteiger partial charge is 0.404 e. The molecular formula is C102H153F9O21. The molecule has 0 heterocycles. The van der Waals surface area contributed by atoms with Crippen molar-refractivity contribution in [2.45, 2.75) is 364 Å². The summed E-state index contributed by atoms with van der Waals surface area (Å²) in [7, 11) is 0. The highest BCUT2D eigenvalue weighted by atomic mass is 19.4. The van der Waals surface area contributed by atoms with Crippen LogP contribution >= 0.6 is 0 Å². The van der Waals surface area contributed by atoms with Crippen LogP contribution in [0.2, 0.25) is 0 Å². The molecule has 750 valence electrons. The second kappa shape index (κ2) is 42.2. The van der Waals surface area contributed by atoms with Crippen LogP contribution in [0.15, 0.2) is 0 Å². The SMILES string of the molecule is CCC(C)(C(=O)OCOC1C2CC3CC(C2)C(=O)C1C3)C(F)(F)F.CCC(C)(C(=O)OCOC1C2CC3CC(C2)CC1C3)C(F)(F)F.CCC(C)(C(=O)OCOCC12CC3CC(CC(C3)C1)C2)C(F)(F)F.CCC(C)(C)C(=O)OCOC1C2CC3CC(C2)C(=O)C1C3.CCC(C)(C)C(=O)OCOC1C2CC3CC(C2)CC1C3.CCC(C)C(=O)OCOC1C2CC3CC(C2)C(=O)C1C3. The fraction of sp³-hybridized carbons (Fsp3) is 0.912. The normalized spacial score (nSPS) is 38.2. The maximum absolute atomic E-state index is 13.0. The molecule has 0 aromatic rings. The van der Waals surface area contributed by atoms with Gasteiger partial charge in [-0.2, -0.15) is 39.5 Å². The van der Waals surface area contributed by atoms with Gasteiger partial charge >= 0.3 is 54.3 Å². The average molecular weight is 1890 g/mol. The minimum absolute atomic E-state index is 0.00343. The number of esters is 6. The summed E-state index contributed by atoms with van der Waals surface area (Å²) in [5, 5.41) is 0. The van der Waals surface area contributed by atoms with Crippen molar-refractivity contribution in [2.75, 3.05) is 47.4 Å². The lowest BCUT2D eigenvalue weighted by molar-refractivity contribution is -0.242. The monoisotopic (exact) mass is 1890 g/mol. The zero-order chi connectivity index (χ0) is 95.9. The van der Waals surface area contributed by atoms with Gasteiger partial charge in [-0.3, -0.25) is 43.2 Å². The predicted octanol–water partition coefficient (Wildman–Crippen LogP) is 21.8. The number of carbonyl (C=O) groups excluding carboxylic acids is 9. The Morgan fingerprint density at radius 3 is 0.811 bits per heavy atom. The Morgan fingerprint density at radius 1 is 0.303 bits per heavy atom. The van der Waals surface area contributed by atoms with E-state index in [1.54, 1.807) is 0 Å². The van der Waals surface area contributed by atoms with Crippen molar-refractivity contribution in [3.05, 3.63) is 0 Å². The maximum Gasteiger partial charge on any atom is 0.404 e. The number of hydrogen-bond acceptors (Lipinski definition) is 21. The first-order valence-electron chi connectivity index (χ1n) is 50.6. The molecule has 132 heavy (non-hydrogen) atoms. The first-order chi connectivity index (χ1) is 62.1. The van der Waals surface area contributed by atoms with E-state index in [-0.39, 0.29) is 142 Å². The third-order valence-corrected chi connectivity index (χ3v) is 36.8. The molecule has 24 rings (SSSR count). The van der Waals surface area contributed by atoms with E-state index in [1.807, 2.05) is 55.4 Å². The summed E-state index contributed by atoms with van der Waals surface area (Å²) in [5.41, 5.74) is -8.15. The molecule has 24 saturated carbocycles. The average Bonchev–Trinajstić information content (AvgIpc) is 0.753. The van der Waals surface area contributed by atoms with E-state index in [0.29, 0.717) is 59.8 Å². The number of Topliss-reactive ketones (excluding diaryl/α,β-unsaturated/α-hetero) is 3. The van der Waals surface area contributed by atoms with Gasteiger partial charge in [-0.1, -0.05) is 48.5 Å². The second-order valence-corrected chi connectivity index (χ2v) is 46.3. The highest BCUT2D eigenvalue weighted by Gasteiger charge is 2.63. The summed E-state index contributed by atoms with van der Waals surface area (Å²) in [5.74, 6) is 8.75. The van der Waals surface area contributed by atoms with Crippen LogP contribution in [0.5, 0.6) is 0 Å². The lowest BCUT2D eigenvalue weighted by Gasteiger charge is -2.56. The number of ether oxygens (including phenoxy) is 12. The van der Waals surface area contributed by atoms with Crippen molar-refractivity contribution in [2.24, 2.45) is 175 Å². The quantitative estimate of drug-likeness (QED) is 0.0205. The van der Waals surface area contributed by atoms with Gasteiger partial charge in [0.05, 0.1) is 53.9 Å². The van der Waals surface area contributed by atoms with E-state index in [1.165, 1.54) is 91.4 Å². The first-order valence-corrected chi connectivity index (χ1v) is 50.6. The maximum atomic E-state index is 13.0. The summed E-state index contributed by atoms with van der Waals surface area (Å²) >= 11 is 0. The van der Waals surface area contributed by atoms with Gasteiger partial charge < -0.3 is 56.8 Å². The number of alkyl halides is 9. The molecule has 0 amide bonds. The summed E-state index contributed by atoms with van der Waals surface area (Å²) in [6.45, 7) is 21.4. The fourth-order valence-corrected chi connectivity index (χ4v) is 28.3. The Kier molecular flexibility index (Phi) is 33.3. The minimum atomic E-state index is -4.67. The minimum Gasteiger partial charge on any atom is -0.438 e. The van der Waals surface area contributed by atoms with Gasteiger partial charge in [0.25, 0.3) is 0 Å². The number of rotatable bonds is 31. The Balaban J connectivity index is 0.000000135. The molecule has 0 aliphatic heterocycles. The molecule has 19 atom stereocenters. The number of carbonyl (C=O) groups is 9. The topological polar surface area (TPSA) is 264 Å². The van der Waals surface area contributed by atoms with Crippen LogP contribution in [-0.2, 0) is 100.0 Å². The molecule has 24 fully saturated rings. The van der Waals surface area contributed by atoms with Gasteiger partial charge in [0.2, 0.25) is 0 Å². The number of halogens is 9. The van der Waals surface area contributed by atoms with Crippen molar-refractivity contribution in [1.82, 2.24) is 0 Å². The first kappa shape index (κ1) is 104. The molecule has 19 unspecified atom stereocenters. The van der Waals surface area contributed by atoms with Crippen molar-refractivity contribution >= 4 is 53.2 Å². The van der Waals surface area contributed by atoms with E-state index < -0.39 is 76.7 Å². The van der Waals surface area contributed by atoms with Crippen molar-refractivity contribution < 1.29 is 140 Å². The van der Waals surface area contributed by atoms with Gasteiger partial charge in [-0.05, 0) is 373 Å². The van der Waals surface area contributed by atoms with Crippen molar-refractivity contribution in [3.8, 4) is 0 Å². The number of ketones is 3. The molecule has 0 aromatic carbocycles. The molecule has 24 bridgehead atoms. The third kappa shape index (κ3) is 22.8.